The Kier molecular flexibility index (Phi) is 8.23. The van der Waals surface area contributed by atoms with Crippen LogP contribution in [-0.2, 0) is 0 Å². The highest BCUT2D eigenvalue weighted by Gasteiger charge is 2.22. The second-order valence-corrected chi connectivity index (χ2v) is 6.93. The first-order chi connectivity index (χ1) is 13.4. The van der Waals surface area contributed by atoms with Crippen molar-refractivity contribution in [3.63, 3.8) is 0 Å². The van der Waals surface area contributed by atoms with Crippen LogP contribution in [0.3, 0.4) is 0 Å². The zero-order chi connectivity index (χ0) is 20.5. The number of nitrogens with zero attached hydrogens (tertiary/aromatic N) is 1. The van der Waals surface area contributed by atoms with Gasteiger partial charge in [0.1, 0.15) is 17.4 Å². The molecule has 0 aliphatic carbocycles. The number of benzene rings is 2. The standard InChI is InChI=1S/C22H28F2N2O2/c1-3-4-5-6-7-14-26(16(2)17-8-11-19(27)12-9-17)22(28)25-21-13-10-18(23)15-20(21)24/h8-13,15-16,27H,3-7,14H2,1-2H3,(H,25,28). The van der Waals surface area contributed by atoms with E-state index in [1.54, 1.807) is 29.2 Å². The Bertz CT molecular complexity index is 766. The Balaban J connectivity index is 2.13. The van der Waals surface area contributed by atoms with Crippen molar-refractivity contribution in [2.24, 2.45) is 0 Å². The third kappa shape index (κ3) is 6.22. The highest BCUT2D eigenvalue weighted by molar-refractivity contribution is 5.89. The molecule has 2 aromatic rings. The maximum Gasteiger partial charge on any atom is 0.322 e. The lowest BCUT2D eigenvalue weighted by molar-refractivity contribution is 0.191. The summed E-state index contributed by atoms with van der Waals surface area (Å²) in [4.78, 5) is 14.5. The van der Waals surface area contributed by atoms with E-state index in [4.69, 9.17) is 0 Å². The van der Waals surface area contributed by atoms with Crippen LogP contribution in [-0.4, -0.2) is 22.6 Å². The fourth-order valence-electron chi connectivity index (χ4n) is 3.07. The van der Waals surface area contributed by atoms with Crippen molar-refractivity contribution < 1.29 is 18.7 Å². The van der Waals surface area contributed by atoms with E-state index in [2.05, 4.69) is 12.2 Å². The number of urea groups is 1. The zero-order valence-corrected chi connectivity index (χ0v) is 16.4. The monoisotopic (exact) mass is 390 g/mol. The van der Waals surface area contributed by atoms with E-state index in [1.165, 1.54) is 6.07 Å². The number of carbonyl (C=O) groups excluding carboxylic acids is 1. The minimum absolute atomic E-state index is 0.0553. The van der Waals surface area contributed by atoms with Gasteiger partial charge in [-0.25, -0.2) is 13.6 Å². The summed E-state index contributed by atoms with van der Waals surface area (Å²) in [5, 5.41) is 12.0. The summed E-state index contributed by atoms with van der Waals surface area (Å²) in [5.74, 6) is -1.35. The van der Waals surface area contributed by atoms with Crippen LogP contribution in [0.5, 0.6) is 5.75 Å². The first-order valence-corrected chi connectivity index (χ1v) is 9.74. The molecular weight excluding hydrogens is 362 g/mol. The van der Waals surface area contributed by atoms with Crippen molar-refractivity contribution >= 4 is 11.7 Å². The SMILES string of the molecule is CCCCCCCN(C(=O)Nc1ccc(F)cc1F)C(C)c1ccc(O)cc1. The number of anilines is 1. The van der Waals surface area contributed by atoms with E-state index in [0.717, 1.165) is 49.8 Å². The number of phenolic OH excluding ortho intramolecular Hbond substituents is 1. The summed E-state index contributed by atoms with van der Waals surface area (Å²) < 4.78 is 27.0. The first-order valence-electron chi connectivity index (χ1n) is 9.74. The molecule has 2 amide bonds. The summed E-state index contributed by atoms with van der Waals surface area (Å²) in [6.07, 6.45) is 5.23. The Morgan fingerprint density at radius 1 is 1.07 bits per heavy atom. The lowest BCUT2D eigenvalue weighted by Crippen LogP contribution is -2.38. The van der Waals surface area contributed by atoms with Gasteiger partial charge >= 0.3 is 6.03 Å². The van der Waals surface area contributed by atoms with Crippen LogP contribution in [0.2, 0.25) is 0 Å². The van der Waals surface area contributed by atoms with Crippen LogP contribution in [0.15, 0.2) is 42.5 Å². The maximum atomic E-state index is 13.9. The molecule has 28 heavy (non-hydrogen) atoms. The summed E-state index contributed by atoms with van der Waals surface area (Å²) in [5.41, 5.74) is 0.807. The van der Waals surface area contributed by atoms with Crippen molar-refractivity contribution in [1.82, 2.24) is 4.90 Å². The maximum absolute atomic E-state index is 13.9. The van der Waals surface area contributed by atoms with Crippen molar-refractivity contribution in [3.8, 4) is 5.75 Å². The molecule has 0 aliphatic heterocycles. The van der Waals surface area contributed by atoms with Gasteiger partial charge in [-0.1, -0.05) is 44.7 Å². The van der Waals surface area contributed by atoms with Gasteiger partial charge in [0.05, 0.1) is 11.7 Å². The number of hydrogen-bond acceptors (Lipinski definition) is 2. The number of rotatable bonds is 9. The number of hydrogen-bond donors (Lipinski definition) is 2. The van der Waals surface area contributed by atoms with E-state index in [9.17, 15) is 18.7 Å². The molecule has 0 aliphatic rings. The van der Waals surface area contributed by atoms with E-state index < -0.39 is 17.7 Å². The third-order valence-corrected chi connectivity index (χ3v) is 4.78. The molecule has 0 aromatic heterocycles. The predicted octanol–water partition coefficient (Wildman–Crippen LogP) is 6.24. The number of aromatic hydroxyl groups is 1. The second-order valence-electron chi connectivity index (χ2n) is 6.93. The van der Waals surface area contributed by atoms with Crippen LogP contribution >= 0.6 is 0 Å². The largest absolute Gasteiger partial charge is 0.508 e. The van der Waals surface area contributed by atoms with Crippen molar-refractivity contribution in [3.05, 3.63) is 59.7 Å². The summed E-state index contributed by atoms with van der Waals surface area (Å²) in [6, 6.07) is 9.02. The fourth-order valence-corrected chi connectivity index (χ4v) is 3.07. The molecule has 1 unspecified atom stereocenters. The molecule has 0 fully saturated rings. The van der Waals surface area contributed by atoms with Crippen molar-refractivity contribution in [2.45, 2.75) is 52.0 Å². The van der Waals surface area contributed by atoms with Gasteiger partial charge in [-0.15, -0.1) is 0 Å². The number of halogens is 2. The minimum Gasteiger partial charge on any atom is -0.508 e. The summed E-state index contributed by atoms with van der Waals surface area (Å²) in [7, 11) is 0. The molecule has 2 rings (SSSR count). The normalized spacial score (nSPS) is 11.9. The zero-order valence-electron chi connectivity index (χ0n) is 16.4. The molecule has 6 heteroatoms. The smallest absolute Gasteiger partial charge is 0.322 e. The van der Waals surface area contributed by atoms with Crippen LogP contribution < -0.4 is 5.32 Å². The van der Waals surface area contributed by atoms with Gasteiger partial charge in [-0.05, 0) is 43.2 Å². The molecule has 0 saturated carbocycles. The molecule has 0 spiro atoms. The van der Waals surface area contributed by atoms with Gasteiger partial charge in [-0.3, -0.25) is 0 Å². The van der Waals surface area contributed by atoms with Gasteiger partial charge in [0.25, 0.3) is 0 Å². The number of phenols is 1. The number of unbranched alkanes of at least 4 members (excludes halogenated alkanes) is 4. The average molecular weight is 390 g/mol. The quantitative estimate of drug-likeness (QED) is 0.498. The van der Waals surface area contributed by atoms with Gasteiger partial charge in [0.15, 0.2) is 0 Å². The van der Waals surface area contributed by atoms with Crippen molar-refractivity contribution in [2.75, 3.05) is 11.9 Å². The van der Waals surface area contributed by atoms with Crippen LogP contribution in [0.25, 0.3) is 0 Å². The Labute approximate surface area is 165 Å². The molecule has 2 aromatic carbocycles. The second kappa shape index (κ2) is 10.6. The molecule has 2 N–H and O–H groups in total. The Hall–Kier alpha value is -2.63. The molecule has 0 radical (unpaired) electrons. The van der Waals surface area contributed by atoms with E-state index in [-0.39, 0.29) is 17.5 Å². The first kappa shape index (κ1) is 21.7. The predicted molar refractivity (Wildman–Crippen MR) is 107 cm³/mol. The van der Waals surface area contributed by atoms with Gasteiger partial charge < -0.3 is 15.3 Å². The molecule has 0 bridgehead atoms. The highest BCUT2D eigenvalue weighted by atomic mass is 19.1. The van der Waals surface area contributed by atoms with Crippen LogP contribution in [0.1, 0.15) is 57.6 Å². The number of amides is 2. The van der Waals surface area contributed by atoms with Gasteiger partial charge in [0, 0.05) is 12.6 Å². The lowest BCUT2D eigenvalue weighted by atomic mass is 10.1. The molecule has 152 valence electrons. The molecule has 0 heterocycles. The van der Waals surface area contributed by atoms with Crippen LogP contribution in [0, 0.1) is 11.6 Å². The number of nitrogens with one attached hydrogen (secondary N) is 1. The van der Waals surface area contributed by atoms with E-state index >= 15 is 0 Å². The van der Waals surface area contributed by atoms with Gasteiger partial charge in [-0.2, -0.15) is 0 Å². The Morgan fingerprint density at radius 3 is 2.39 bits per heavy atom. The van der Waals surface area contributed by atoms with Crippen LogP contribution in [0.4, 0.5) is 19.3 Å². The Morgan fingerprint density at radius 2 is 1.75 bits per heavy atom. The minimum atomic E-state index is -0.812. The lowest BCUT2D eigenvalue weighted by Gasteiger charge is -2.30. The molecule has 1 atom stereocenters. The third-order valence-electron chi connectivity index (χ3n) is 4.78. The summed E-state index contributed by atoms with van der Waals surface area (Å²) in [6.45, 7) is 4.54. The molecular formula is C22H28F2N2O2. The molecule has 4 nitrogen and oxygen atoms in total. The van der Waals surface area contributed by atoms with Gasteiger partial charge in [0.2, 0.25) is 0 Å². The molecule has 0 saturated heterocycles. The topological polar surface area (TPSA) is 52.6 Å². The van der Waals surface area contributed by atoms with E-state index in [1.807, 2.05) is 6.92 Å². The average Bonchev–Trinajstić information content (AvgIpc) is 2.67. The fraction of sp³-hybridized carbons (Fsp3) is 0.409. The number of carbonyl (C=O) groups is 1. The highest BCUT2D eigenvalue weighted by Crippen LogP contribution is 2.25. The van der Waals surface area contributed by atoms with E-state index in [0.29, 0.717) is 6.54 Å². The van der Waals surface area contributed by atoms with Crippen molar-refractivity contribution in [1.29, 1.82) is 0 Å². The summed E-state index contributed by atoms with van der Waals surface area (Å²) >= 11 is 0.